The number of nitrogens with one attached hydrogen (secondary N) is 2. The Morgan fingerprint density at radius 2 is 1.96 bits per heavy atom. The molecule has 0 radical (unpaired) electrons. The number of guanidine groups is 1. The van der Waals surface area contributed by atoms with Gasteiger partial charge in [0, 0.05) is 26.2 Å². The lowest BCUT2D eigenvalue weighted by Crippen LogP contribution is -2.42. The highest BCUT2D eigenvalue weighted by atomic mass is 127. The van der Waals surface area contributed by atoms with Crippen molar-refractivity contribution in [3.8, 4) is 0 Å². The van der Waals surface area contributed by atoms with Crippen molar-refractivity contribution in [1.29, 1.82) is 0 Å². The van der Waals surface area contributed by atoms with E-state index in [1.54, 1.807) is 0 Å². The summed E-state index contributed by atoms with van der Waals surface area (Å²) in [6.45, 7) is 14.4. The number of nitrogens with zero attached hydrogens (tertiary/aromatic N) is 2. The number of hydrogen-bond donors (Lipinski definition) is 2. The average Bonchev–Trinajstić information content (AvgIpc) is 3.02. The predicted molar refractivity (Wildman–Crippen MR) is 117 cm³/mol. The second-order valence-corrected chi connectivity index (χ2v) is 6.94. The van der Waals surface area contributed by atoms with Gasteiger partial charge in [-0.25, -0.2) is 0 Å². The van der Waals surface area contributed by atoms with E-state index in [1.807, 2.05) is 13.0 Å². The maximum atomic E-state index is 5.91. The quantitative estimate of drug-likeness (QED) is 0.342. The average molecular weight is 478 g/mol. The summed E-state index contributed by atoms with van der Waals surface area (Å²) < 4.78 is 11.4. The first-order chi connectivity index (χ1) is 12.1. The summed E-state index contributed by atoms with van der Waals surface area (Å²) in [4.78, 5) is 7.23. The van der Waals surface area contributed by atoms with E-state index in [0.717, 1.165) is 63.3 Å². The van der Waals surface area contributed by atoms with E-state index in [9.17, 15) is 0 Å². The molecule has 0 spiro atoms. The molecule has 2 rings (SSSR count). The van der Waals surface area contributed by atoms with E-state index in [0.29, 0.717) is 12.5 Å². The standard InChI is InChI=1S/C19H34N4O2.HI/c1-5-20-19(21-9-8-15(2)3)22-14-17(18-7-6-16(4)25-18)23-10-12-24-13-11-23;/h6-7,15,17H,5,8-14H2,1-4H3,(H2,20,21,22);1H. The van der Waals surface area contributed by atoms with E-state index in [4.69, 9.17) is 14.1 Å². The maximum Gasteiger partial charge on any atom is 0.191 e. The molecule has 0 bridgehead atoms. The van der Waals surface area contributed by atoms with Crippen molar-refractivity contribution in [2.75, 3.05) is 45.9 Å². The number of aryl methyl sites for hydroxylation is 1. The van der Waals surface area contributed by atoms with Crippen molar-refractivity contribution in [2.24, 2.45) is 10.9 Å². The Balaban J connectivity index is 0.00000338. The van der Waals surface area contributed by atoms with E-state index in [-0.39, 0.29) is 30.0 Å². The SMILES string of the molecule is CCNC(=NCC(c1ccc(C)o1)N1CCOCC1)NCCC(C)C.I. The molecule has 1 aliphatic rings. The molecule has 26 heavy (non-hydrogen) atoms. The number of aliphatic imine (C=N–C) groups is 1. The van der Waals surface area contributed by atoms with Gasteiger partial charge in [0.1, 0.15) is 11.5 Å². The van der Waals surface area contributed by atoms with Crippen molar-refractivity contribution >= 4 is 29.9 Å². The van der Waals surface area contributed by atoms with Crippen LogP contribution in [0.25, 0.3) is 0 Å². The molecular formula is C19H35IN4O2. The van der Waals surface area contributed by atoms with Crippen LogP contribution < -0.4 is 10.6 Å². The fourth-order valence-electron chi connectivity index (χ4n) is 2.91. The van der Waals surface area contributed by atoms with Crippen molar-refractivity contribution in [1.82, 2.24) is 15.5 Å². The minimum atomic E-state index is 0. The Hall–Kier alpha value is -0.800. The molecule has 1 aromatic heterocycles. The number of halogens is 1. The zero-order valence-corrected chi connectivity index (χ0v) is 18.9. The largest absolute Gasteiger partial charge is 0.465 e. The number of morpholine rings is 1. The molecule has 1 fully saturated rings. The molecule has 0 aromatic carbocycles. The van der Waals surface area contributed by atoms with Gasteiger partial charge < -0.3 is 19.8 Å². The second-order valence-electron chi connectivity index (χ2n) is 6.94. The third-order valence-corrected chi connectivity index (χ3v) is 4.36. The lowest BCUT2D eigenvalue weighted by atomic mass is 10.1. The molecule has 1 aromatic rings. The van der Waals surface area contributed by atoms with Gasteiger partial charge in [-0.1, -0.05) is 13.8 Å². The maximum absolute atomic E-state index is 5.91. The predicted octanol–water partition coefficient (Wildman–Crippen LogP) is 3.18. The second kappa shape index (κ2) is 12.6. The monoisotopic (exact) mass is 478 g/mol. The molecule has 2 heterocycles. The van der Waals surface area contributed by atoms with Crippen LogP contribution in [0.15, 0.2) is 21.5 Å². The van der Waals surface area contributed by atoms with Crippen LogP contribution in [-0.2, 0) is 4.74 Å². The molecule has 1 unspecified atom stereocenters. The Kier molecular flexibility index (Phi) is 11.2. The van der Waals surface area contributed by atoms with Crippen LogP contribution in [0.4, 0.5) is 0 Å². The molecule has 0 amide bonds. The van der Waals surface area contributed by atoms with Crippen molar-refractivity contribution in [3.63, 3.8) is 0 Å². The first-order valence-electron chi connectivity index (χ1n) is 9.50. The fraction of sp³-hybridized carbons (Fsp3) is 0.737. The topological polar surface area (TPSA) is 62.0 Å². The summed E-state index contributed by atoms with van der Waals surface area (Å²) >= 11 is 0. The zero-order valence-electron chi connectivity index (χ0n) is 16.6. The van der Waals surface area contributed by atoms with Crippen LogP contribution in [0.3, 0.4) is 0 Å². The Morgan fingerprint density at radius 1 is 1.23 bits per heavy atom. The summed E-state index contributed by atoms with van der Waals surface area (Å²) in [6.07, 6.45) is 1.13. The van der Waals surface area contributed by atoms with E-state index in [2.05, 4.69) is 42.4 Å². The van der Waals surface area contributed by atoms with Crippen LogP contribution in [-0.4, -0.2) is 56.8 Å². The first kappa shape index (κ1) is 23.2. The summed E-state index contributed by atoms with van der Waals surface area (Å²) in [5.41, 5.74) is 0. The van der Waals surface area contributed by atoms with Gasteiger partial charge in [-0.3, -0.25) is 9.89 Å². The van der Waals surface area contributed by atoms with Gasteiger partial charge in [0.05, 0.1) is 25.8 Å². The summed E-state index contributed by atoms with van der Waals surface area (Å²) in [5.74, 6) is 3.49. The number of furan rings is 1. The van der Waals surface area contributed by atoms with Gasteiger partial charge in [0.25, 0.3) is 0 Å². The van der Waals surface area contributed by atoms with Gasteiger partial charge in [-0.15, -0.1) is 24.0 Å². The van der Waals surface area contributed by atoms with E-state index < -0.39 is 0 Å². The smallest absolute Gasteiger partial charge is 0.191 e. The zero-order chi connectivity index (χ0) is 18.1. The molecule has 0 aliphatic carbocycles. The van der Waals surface area contributed by atoms with Gasteiger partial charge in [-0.05, 0) is 38.3 Å². The highest BCUT2D eigenvalue weighted by Gasteiger charge is 2.25. The lowest BCUT2D eigenvalue weighted by molar-refractivity contribution is 0.0135. The minimum Gasteiger partial charge on any atom is -0.465 e. The van der Waals surface area contributed by atoms with Gasteiger partial charge >= 0.3 is 0 Å². The number of ether oxygens (including phenoxy) is 1. The van der Waals surface area contributed by atoms with Gasteiger partial charge in [-0.2, -0.15) is 0 Å². The normalized spacial score (nSPS) is 17.0. The van der Waals surface area contributed by atoms with Crippen LogP contribution in [0, 0.1) is 12.8 Å². The van der Waals surface area contributed by atoms with Gasteiger partial charge in [0.2, 0.25) is 0 Å². The summed E-state index contributed by atoms with van der Waals surface area (Å²) in [6, 6.07) is 4.25. The number of hydrogen-bond acceptors (Lipinski definition) is 4. The summed E-state index contributed by atoms with van der Waals surface area (Å²) in [5, 5.41) is 6.77. The highest BCUT2D eigenvalue weighted by Crippen LogP contribution is 2.24. The first-order valence-corrected chi connectivity index (χ1v) is 9.50. The van der Waals surface area contributed by atoms with Crippen LogP contribution >= 0.6 is 24.0 Å². The molecule has 1 atom stereocenters. The lowest BCUT2D eigenvalue weighted by Gasteiger charge is -2.32. The van der Waals surface area contributed by atoms with Crippen LogP contribution in [0.1, 0.15) is 44.8 Å². The molecule has 1 aliphatic heterocycles. The molecule has 2 N–H and O–H groups in total. The molecule has 1 saturated heterocycles. The van der Waals surface area contributed by atoms with Crippen molar-refractivity contribution in [3.05, 3.63) is 23.7 Å². The highest BCUT2D eigenvalue weighted by molar-refractivity contribution is 14.0. The molecular weight excluding hydrogens is 443 g/mol. The van der Waals surface area contributed by atoms with Gasteiger partial charge in [0.15, 0.2) is 5.96 Å². The minimum absolute atomic E-state index is 0. The van der Waals surface area contributed by atoms with E-state index >= 15 is 0 Å². The molecule has 150 valence electrons. The Morgan fingerprint density at radius 3 is 2.54 bits per heavy atom. The molecule has 0 saturated carbocycles. The van der Waals surface area contributed by atoms with Crippen molar-refractivity contribution in [2.45, 2.75) is 40.2 Å². The fourth-order valence-corrected chi connectivity index (χ4v) is 2.91. The Bertz CT molecular complexity index is 527. The summed E-state index contributed by atoms with van der Waals surface area (Å²) in [7, 11) is 0. The van der Waals surface area contributed by atoms with Crippen molar-refractivity contribution < 1.29 is 9.15 Å². The van der Waals surface area contributed by atoms with Crippen LogP contribution in [0.2, 0.25) is 0 Å². The third kappa shape index (κ3) is 7.84. The Labute approximate surface area is 175 Å². The molecule has 7 heteroatoms. The van der Waals surface area contributed by atoms with E-state index in [1.165, 1.54) is 0 Å². The molecule has 6 nitrogen and oxygen atoms in total. The van der Waals surface area contributed by atoms with Crippen LogP contribution in [0.5, 0.6) is 0 Å². The number of rotatable bonds is 8. The third-order valence-electron chi connectivity index (χ3n) is 4.36.